The molecule has 2 heterocycles. The number of carbonyl (C=O) groups is 2. The molecule has 1 atom stereocenters. The van der Waals surface area contributed by atoms with E-state index in [2.05, 4.69) is 27.2 Å². The number of hydrogen-bond acceptors (Lipinski definition) is 5. The van der Waals surface area contributed by atoms with Crippen molar-refractivity contribution in [3.63, 3.8) is 0 Å². The molecular formula is C22H27Cl2N5O3. The number of halogens is 2. The fourth-order valence-corrected chi connectivity index (χ4v) is 4.39. The van der Waals surface area contributed by atoms with Gasteiger partial charge < -0.3 is 20.2 Å². The second kappa shape index (κ2) is 10.0. The number of carboxylic acid groups (broad SMARTS) is 1. The van der Waals surface area contributed by atoms with Gasteiger partial charge in [-0.3, -0.25) is 4.98 Å². The van der Waals surface area contributed by atoms with Crippen molar-refractivity contribution >= 4 is 35.2 Å². The summed E-state index contributed by atoms with van der Waals surface area (Å²) < 4.78 is 0. The van der Waals surface area contributed by atoms with E-state index < -0.39 is 5.97 Å². The van der Waals surface area contributed by atoms with Gasteiger partial charge in [0.25, 0.3) is 0 Å². The molecule has 1 aromatic heterocycles. The largest absolute Gasteiger partial charge is 0.476 e. The third-order valence-corrected chi connectivity index (χ3v) is 6.81. The van der Waals surface area contributed by atoms with Crippen LogP contribution in [0, 0.1) is 6.92 Å². The number of aryl methyl sites for hydroxylation is 1. The number of likely N-dealkylation sites (tertiary alicyclic amines) is 1. The van der Waals surface area contributed by atoms with E-state index in [0.29, 0.717) is 22.5 Å². The van der Waals surface area contributed by atoms with E-state index in [9.17, 15) is 14.7 Å². The molecule has 32 heavy (non-hydrogen) atoms. The van der Waals surface area contributed by atoms with Crippen LogP contribution in [0.25, 0.3) is 11.3 Å². The molecule has 0 aliphatic carbocycles. The molecule has 1 fully saturated rings. The monoisotopic (exact) mass is 479 g/mol. The molecule has 0 saturated carbocycles. The van der Waals surface area contributed by atoms with Crippen molar-refractivity contribution in [2.75, 3.05) is 27.2 Å². The number of nitrogens with zero attached hydrogens (tertiary/aromatic N) is 4. The van der Waals surface area contributed by atoms with E-state index in [4.69, 9.17) is 23.2 Å². The molecule has 0 spiro atoms. The summed E-state index contributed by atoms with van der Waals surface area (Å²) in [6.45, 7) is 5.34. The van der Waals surface area contributed by atoms with Crippen LogP contribution in [-0.2, 0) is 0 Å². The molecule has 1 aliphatic heterocycles. The minimum atomic E-state index is -1.17. The normalized spacial score (nSPS) is 15.9. The highest BCUT2D eigenvalue weighted by Gasteiger charge is 2.26. The number of amides is 2. The predicted octanol–water partition coefficient (Wildman–Crippen LogP) is 4.25. The summed E-state index contributed by atoms with van der Waals surface area (Å²) in [4.78, 5) is 36.4. The van der Waals surface area contributed by atoms with Crippen LogP contribution < -0.4 is 5.32 Å². The van der Waals surface area contributed by atoms with Gasteiger partial charge in [-0.2, -0.15) is 0 Å². The Labute approximate surface area is 197 Å². The Morgan fingerprint density at radius 3 is 2.53 bits per heavy atom. The van der Waals surface area contributed by atoms with Crippen molar-refractivity contribution < 1.29 is 14.7 Å². The molecule has 0 bridgehead atoms. The van der Waals surface area contributed by atoms with Crippen LogP contribution in [0.3, 0.4) is 0 Å². The van der Waals surface area contributed by atoms with Crippen molar-refractivity contribution in [1.29, 1.82) is 0 Å². The zero-order chi connectivity index (χ0) is 23.6. The minimum Gasteiger partial charge on any atom is -0.476 e. The first-order valence-corrected chi connectivity index (χ1v) is 11.1. The maximum atomic E-state index is 12.8. The van der Waals surface area contributed by atoms with Crippen molar-refractivity contribution in [2.24, 2.45) is 0 Å². The number of aromatic carboxylic acids is 1. The van der Waals surface area contributed by atoms with Crippen LogP contribution in [-0.4, -0.2) is 70.1 Å². The fourth-order valence-electron chi connectivity index (χ4n) is 3.79. The summed E-state index contributed by atoms with van der Waals surface area (Å²) in [5, 5.41) is 12.8. The Hall–Kier alpha value is -2.42. The molecule has 0 radical (unpaired) electrons. The average Bonchev–Trinajstić information content (AvgIpc) is 2.75. The lowest BCUT2D eigenvalue weighted by atomic mass is 10.0. The minimum absolute atomic E-state index is 0.142. The highest BCUT2D eigenvalue weighted by atomic mass is 35.5. The maximum Gasteiger partial charge on any atom is 0.356 e. The molecule has 2 N–H and O–H groups in total. The van der Waals surface area contributed by atoms with Crippen LogP contribution >= 0.6 is 23.2 Å². The first-order chi connectivity index (χ1) is 15.1. The number of carbonyl (C=O) groups excluding carboxylic acids is 1. The van der Waals surface area contributed by atoms with Crippen molar-refractivity contribution in [2.45, 2.75) is 38.8 Å². The standard InChI is InChI=1S/C22H27Cl2N5O3/c1-12(26-22(32)29(4)14-7-9-28(3)10-8-14)15-5-6-16(19(24)18(15)23)17-11-25-13(2)20(27-17)21(30)31/h5-6,11-12,14H,7-10H2,1-4H3,(H,26,32)(H,30,31). The van der Waals surface area contributed by atoms with E-state index in [1.807, 2.05) is 14.0 Å². The molecule has 1 saturated heterocycles. The molecule has 1 aliphatic rings. The highest BCUT2D eigenvalue weighted by molar-refractivity contribution is 6.44. The quantitative estimate of drug-likeness (QED) is 0.664. The zero-order valence-corrected chi connectivity index (χ0v) is 20.0. The van der Waals surface area contributed by atoms with Gasteiger partial charge >= 0.3 is 12.0 Å². The second-order valence-corrected chi connectivity index (χ2v) is 8.90. The molecule has 2 aromatic rings. The van der Waals surface area contributed by atoms with Crippen LogP contribution in [0.2, 0.25) is 10.0 Å². The molecule has 172 valence electrons. The lowest BCUT2D eigenvalue weighted by molar-refractivity contribution is 0.0689. The topological polar surface area (TPSA) is 98.7 Å². The number of rotatable bonds is 5. The summed E-state index contributed by atoms with van der Waals surface area (Å²) >= 11 is 13.0. The van der Waals surface area contributed by atoms with Crippen molar-refractivity contribution in [1.82, 2.24) is 25.1 Å². The average molecular weight is 480 g/mol. The summed E-state index contributed by atoms with van der Waals surface area (Å²) in [5.74, 6) is -1.17. The van der Waals surface area contributed by atoms with Gasteiger partial charge in [0.1, 0.15) is 0 Å². The third-order valence-electron chi connectivity index (χ3n) is 5.91. The van der Waals surface area contributed by atoms with Crippen LogP contribution in [0.4, 0.5) is 4.79 Å². The second-order valence-electron chi connectivity index (χ2n) is 8.14. The van der Waals surface area contributed by atoms with Gasteiger partial charge in [0, 0.05) is 18.7 Å². The lowest BCUT2D eigenvalue weighted by Gasteiger charge is -2.35. The van der Waals surface area contributed by atoms with E-state index in [-0.39, 0.29) is 33.9 Å². The predicted molar refractivity (Wildman–Crippen MR) is 124 cm³/mol. The highest BCUT2D eigenvalue weighted by Crippen LogP contribution is 2.37. The molecule has 1 aromatic carbocycles. The molecule has 10 heteroatoms. The Morgan fingerprint density at radius 2 is 1.91 bits per heavy atom. The van der Waals surface area contributed by atoms with Crippen molar-refractivity contribution in [3.05, 3.63) is 45.3 Å². The van der Waals surface area contributed by atoms with Crippen LogP contribution in [0.15, 0.2) is 18.3 Å². The van der Waals surface area contributed by atoms with Gasteiger partial charge in [-0.05, 0) is 52.4 Å². The third kappa shape index (κ3) is 5.14. The lowest BCUT2D eigenvalue weighted by Crippen LogP contribution is -2.48. The first-order valence-electron chi connectivity index (χ1n) is 10.4. The van der Waals surface area contributed by atoms with Crippen LogP contribution in [0.5, 0.6) is 0 Å². The molecule has 3 rings (SSSR count). The Morgan fingerprint density at radius 1 is 1.25 bits per heavy atom. The van der Waals surface area contributed by atoms with E-state index in [0.717, 1.165) is 25.9 Å². The van der Waals surface area contributed by atoms with E-state index in [1.54, 1.807) is 24.0 Å². The molecule has 8 nitrogen and oxygen atoms in total. The Kier molecular flexibility index (Phi) is 7.59. The number of urea groups is 1. The number of piperidine rings is 1. The van der Waals surface area contributed by atoms with Gasteiger partial charge in [-0.1, -0.05) is 35.3 Å². The van der Waals surface area contributed by atoms with E-state index in [1.165, 1.54) is 6.20 Å². The van der Waals surface area contributed by atoms with Gasteiger partial charge in [0.15, 0.2) is 5.69 Å². The summed E-state index contributed by atoms with van der Waals surface area (Å²) in [6, 6.07) is 3.11. The first kappa shape index (κ1) is 24.2. The van der Waals surface area contributed by atoms with Gasteiger partial charge in [0.05, 0.1) is 33.7 Å². The summed E-state index contributed by atoms with van der Waals surface area (Å²) in [7, 11) is 3.89. The number of carboxylic acids is 1. The number of benzene rings is 1. The zero-order valence-electron chi connectivity index (χ0n) is 18.5. The van der Waals surface area contributed by atoms with Gasteiger partial charge in [-0.15, -0.1) is 0 Å². The Balaban J connectivity index is 1.78. The molecule has 1 unspecified atom stereocenters. The smallest absolute Gasteiger partial charge is 0.356 e. The van der Waals surface area contributed by atoms with Crippen molar-refractivity contribution in [3.8, 4) is 11.3 Å². The van der Waals surface area contributed by atoms with E-state index >= 15 is 0 Å². The summed E-state index contributed by atoms with van der Waals surface area (Å²) in [6.07, 6.45) is 3.33. The number of nitrogens with one attached hydrogen (secondary N) is 1. The molecule has 2 amide bonds. The van der Waals surface area contributed by atoms with Gasteiger partial charge in [0.2, 0.25) is 0 Å². The number of hydrogen-bond donors (Lipinski definition) is 2. The number of aromatic nitrogens is 2. The van der Waals surface area contributed by atoms with Crippen LogP contribution in [0.1, 0.15) is 47.6 Å². The van der Waals surface area contributed by atoms with Gasteiger partial charge in [-0.25, -0.2) is 14.6 Å². The molecular weight excluding hydrogens is 453 g/mol. The Bertz CT molecular complexity index is 1020. The fraction of sp³-hybridized carbons (Fsp3) is 0.455. The maximum absolute atomic E-state index is 12.8. The SMILES string of the molecule is Cc1ncc(-c2ccc(C(C)NC(=O)N(C)C3CCN(C)CC3)c(Cl)c2Cl)nc1C(=O)O. The summed E-state index contributed by atoms with van der Waals surface area (Å²) in [5.41, 5.74) is 1.60.